The topological polar surface area (TPSA) is 55.4 Å². The van der Waals surface area contributed by atoms with E-state index >= 15 is 0 Å². The van der Waals surface area contributed by atoms with Crippen molar-refractivity contribution < 1.29 is 21.9 Å². The maximum atomic E-state index is 13.4. The maximum Gasteiger partial charge on any atom is 0.248 e. The summed E-state index contributed by atoms with van der Waals surface area (Å²) in [7, 11) is -2.01. The van der Waals surface area contributed by atoms with Gasteiger partial charge in [-0.3, -0.25) is 0 Å². The highest BCUT2D eigenvalue weighted by Crippen LogP contribution is 2.36. The largest absolute Gasteiger partial charge is 0.495 e. The molecule has 22 heavy (non-hydrogen) atoms. The van der Waals surface area contributed by atoms with Crippen LogP contribution in [0.25, 0.3) is 0 Å². The molecule has 0 bridgehead atoms. The molecule has 1 unspecified atom stereocenters. The van der Waals surface area contributed by atoms with Crippen LogP contribution in [-0.4, -0.2) is 34.3 Å². The van der Waals surface area contributed by atoms with Gasteiger partial charge in [0.1, 0.15) is 10.6 Å². The van der Waals surface area contributed by atoms with Crippen molar-refractivity contribution in [3.8, 4) is 5.75 Å². The molecule has 2 rings (SSSR count). The van der Waals surface area contributed by atoms with Crippen molar-refractivity contribution in [1.82, 2.24) is 0 Å². The van der Waals surface area contributed by atoms with Crippen LogP contribution in [0.5, 0.6) is 5.75 Å². The Morgan fingerprint density at radius 2 is 2.14 bits per heavy atom. The normalized spacial score (nSPS) is 21.4. The highest BCUT2D eigenvalue weighted by atomic mass is 32.2. The third-order valence-corrected chi connectivity index (χ3v) is 5.02. The molecule has 0 spiro atoms. The Kier molecular flexibility index (Phi) is 4.94. The minimum absolute atomic E-state index is 0.0374. The zero-order valence-electron chi connectivity index (χ0n) is 12.7. The molecule has 1 fully saturated rings. The average molecular weight is 333 g/mol. The molecule has 124 valence electrons. The number of nitrogens with one attached hydrogen (secondary N) is 1. The molecule has 1 aromatic carbocycles. The van der Waals surface area contributed by atoms with Crippen molar-refractivity contribution >= 4 is 15.5 Å². The fraction of sp³-hybridized carbons (Fsp3) is 0.600. The SMILES string of the molecule is COc1ccc(NCC2CCCC(F)(F)C2)cc1S(C)(=O)=O. The number of hydrogen-bond acceptors (Lipinski definition) is 4. The number of rotatable bonds is 5. The van der Waals surface area contributed by atoms with Gasteiger partial charge in [0.2, 0.25) is 5.92 Å². The first-order valence-corrected chi connectivity index (χ1v) is 9.10. The summed E-state index contributed by atoms with van der Waals surface area (Å²) in [5.74, 6) is -2.41. The number of hydrogen-bond donors (Lipinski definition) is 1. The molecule has 0 aromatic heterocycles. The van der Waals surface area contributed by atoms with Crippen molar-refractivity contribution in [3.63, 3.8) is 0 Å². The molecule has 0 aliphatic heterocycles. The van der Waals surface area contributed by atoms with Gasteiger partial charge >= 0.3 is 0 Å². The molecule has 1 aliphatic carbocycles. The Hall–Kier alpha value is -1.37. The van der Waals surface area contributed by atoms with E-state index in [0.717, 1.165) is 12.7 Å². The lowest BCUT2D eigenvalue weighted by Gasteiger charge is -2.29. The molecule has 4 nitrogen and oxygen atoms in total. The van der Waals surface area contributed by atoms with Gasteiger partial charge in [-0.25, -0.2) is 17.2 Å². The number of benzene rings is 1. The van der Waals surface area contributed by atoms with E-state index in [9.17, 15) is 17.2 Å². The van der Waals surface area contributed by atoms with Crippen LogP contribution < -0.4 is 10.1 Å². The highest BCUT2D eigenvalue weighted by Gasteiger charge is 2.35. The molecule has 0 radical (unpaired) electrons. The molecule has 7 heteroatoms. The molecular weight excluding hydrogens is 312 g/mol. The lowest BCUT2D eigenvalue weighted by Crippen LogP contribution is -2.29. The summed E-state index contributed by atoms with van der Waals surface area (Å²) in [6, 6.07) is 4.73. The second-order valence-corrected chi connectivity index (χ2v) is 7.82. The van der Waals surface area contributed by atoms with Gasteiger partial charge in [-0.15, -0.1) is 0 Å². The number of sulfone groups is 1. The zero-order valence-corrected chi connectivity index (χ0v) is 13.6. The van der Waals surface area contributed by atoms with Crippen LogP contribution in [0.2, 0.25) is 0 Å². The molecule has 1 aliphatic rings. The summed E-state index contributed by atoms with van der Waals surface area (Å²) in [5.41, 5.74) is 0.593. The first kappa shape index (κ1) is 17.0. The first-order valence-electron chi connectivity index (χ1n) is 7.21. The van der Waals surface area contributed by atoms with Crippen molar-refractivity contribution in [2.45, 2.75) is 36.5 Å². The van der Waals surface area contributed by atoms with Gasteiger partial charge in [-0.2, -0.15) is 0 Å². The van der Waals surface area contributed by atoms with E-state index in [-0.39, 0.29) is 29.4 Å². The van der Waals surface area contributed by atoms with Crippen LogP contribution in [-0.2, 0) is 9.84 Å². The number of alkyl halides is 2. The quantitative estimate of drug-likeness (QED) is 0.898. The molecule has 1 aromatic rings. The second-order valence-electron chi connectivity index (χ2n) is 5.84. The molecule has 0 heterocycles. The lowest BCUT2D eigenvalue weighted by atomic mass is 9.86. The van der Waals surface area contributed by atoms with Gasteiger partial charge < -0.3 is 10.1 Å². The fourth-order valence-electron chi connectivity index (χ4n) is 2.79. The third-order valence-electron chi connectivity index (χ3n) is 3.90. The molecule has 1 atom stereocenters. The summed E-state index contributed by atoms with van der Waals surface area (Å²) in [6.07, 6.45) is 2.24. The van der Waals surface area contributed by atoms with Gasteiger partial charge in [-0.05, 0) is 37.0 Å². The molecule has 1 saturated carbocycles. The lowest BCUT2D eigenvalue weighted by molar-refractivity contribution is -0.0502. The molecular formula is C15H21F2NO3S. The predicted molar refractivity (Wildman–Crippen MR) is 81.5 cm³/mol. The van der Waals surface area contributed by atoms with E-state index in [1.807, 2.05) is 0 Å². The second kappa shape index (κ2) is 6.40. The molecule has 1 N–H and O–H groups in total. The minimum Gasteiger partial charge on any atom is -0.495 e. The number of ether oxygens (including phenoxy) is 1. The Morgan fingerprint density at radius 1 is 1.41 bits per heavy atom. The van der Waals surface area contributed by atoms with Crippen molar-refractivity contribution in [1.29, 1.82) is 0 Å². The van der Waals surface area contributed by atoms with Crippen LogP contribution in [0.15, 0.2) is 23.1 Å². The summed E-state index contributed by atoms with van der Waals surface area (Å²) < 4.78 is 55.3. The highest BCUT2D eigenvalue weighted by molar-refractivity contribution is 7.90. The summed E-state index contributed by atoms with van der Waals surface area (Å²) in [6.45, 7) is 0.408. The standard InChI is InChI=1S/C15H21F2NO3S/c1-21-13-6-5-12(8-14(13)22(2,19)20)18-10-11-4-3-7-15(16,17)9-11/h5-6,8,11,18H,3-4,7,9-10H2,1-2H3. The molecule has 0 saturated heterocycles. The van der Waals surface area contributed by atoms with Crippen LogP contribution >= 0.6 is 0 Å². The van der Waals surface area contributed by atoms with E-state index in [2.05, 4.69) is 5.32 Å². The Bertz CT molecular complexity index is 632. The Labute approximate surface area is 129 Å². The van der Waals surface area contributed by atoms with Gasteiger partial charge in [-0.1, -0.05) is 0 Å². The van der Waals surface area contributed by atoms with Crippen molar-refractivity contribution in [2.24, 2.45) is 5.92 Å². The first-order chi connectivity index (χ1) is 10.2. The smallest absolute Gasteiger partial charge is 0.248 e. The summed E-state index contributed by atoms with van der Waals surface area (Å²) in [5, 5.41) is 3.06. The Morgan fingerprint density at radius 3 is 2.73 bits per heavy atom. The molecule has 0 amide bonds. The van der Waals surface area contributed by atoms with Crippen molar-refractivity contribution in [2.75, 3.05) is 25.2 Å². The number of anilines is 1. The van der Waals surface area contributed by atoms with Crippen LogP contribution in [0.4, 0.5) is 14.5 Å². The van der Waals surface area contributed by atoms with E-state index in [4.69, 9.17) is 4.74 Å². The average Bonchev–Trinajstić information content (AvgIpc) is 2.43. The van der Waals surface area contributed by atoms with Gasteiger partial charge in [0.05, 0.1) is 7.11 Å². The predicted octanol–water partition coefficient (Wildman–Crippen LogP) is 3.34. The van der Waals surface area contributed by atoms with Gasteiger partial charge in [0, 0.05) is 31.3 Å². The van der Waals surface area contributed by atoms with Crippen LogP contribution in [0.3, 0.4) is 0 Å². The summed E-state index contributed by atoms with van der Waals surface area (Å²) in [4.78, 5) is 0.0916. The van der Waals surface area contributed by atoms with Gasteiger partial charge in [0.15, 0.2) is 9.84 Å². The van der Waals surface area contributed by atoms with Crippen LogP contribution in [0, 0.1) is 5.92 Å². The van der Waals surface area contributed by atoms with E-state index < -0.39 is 15.8 Å². The summed E-state index contributed by atoms with van der Waals surface area (Å²) >= 11 is 0. The zero-order chi connectivity index (χ0) is 16.4. The Balaban J connectivity index is 2.07. The van der Waals surface area contributed by atoms with Gasteiger partial charge in [0.25, 0.3) is 0 Å². The number of methoxy groups -OCH3 is 1. The minimum atomic E-state index is -3.41. The maximum absolute atomic E-state index is 13.4. The number of halogens is 2. The van der Waals surface area contributed by atoms with E-state index in [1.165, 1.54) is 13.2 Å². The fourth-order valence-corrected chi connectivity index (χ4v) is 3.65. The van der Waals surface area contributed by atoms with Crippen LogP contribution in [0.1, 0.15) is 25.7 Å². The monoisotopic (exact) mass is 333 g/mol. The van der Waals surface area contributed by atoms with Crippen molar-refractivity contribution in [3.05, 3.63) is 18.2 Å². The third kappa shape index (κ3) is 4.32. The van der Waals surface area contributed by atoms with E-state index in [0.29, 0.717) is 18.7 Å². The van der Waals surface area contributed by atoms with E-state index in [1.54, 1.807) is 12.1 Å².